The van der Waals surface area contributed by atoms with Crippen molar-refractivity contribution in [2.45, 2.75) is 6.42 Å². The smallest absolute Gasteiger partial charge is 0.130 e. The van der Waals surface area contributed by atoms with Gasteiger partial charge in [0.15, 0.2) is 0 Å². The maximum Gasteiger partial charge on any atom is 0.130 e. The Labute approximate surface area is 130 Å². The van der Waals surface area contributed by atoms with Crippen molar-refractivity contribution >= 4 is 33.1 Å². The molecular formula is C16H13BrN4. The highest BCUT2D eigenvalue weighted by molar-refractivity contribution is 9.10. The molecule has 5 heteroatoms. The number of H-pyrrole nitrogens is 1. The summed E-state index contributed by atoms with van der Waals surface area (Å²) >= 11 is 3.48. The van der Waals surface area contributed by atoms with Crippen molar-refractivity contribution in [3.63, 3.8) is 0 Å². The summed E-state index contributed by atoms with van der Waals surface area (Å²) in [5.74, 6) is 0.942. The van der Waals surface area contributed by atoms with E-state index in [1.54, 1.807) is 0 Å². The van der Waals surface area contributed by atoms with Crippen LogP contribution in [0.1, 0.15) is 11.1 Å². The van der Waals surface area contributed by atoms with Gasteiger partial charge in [0, 0.05) is 33.4 Å². The monoisotopic (exact) mass is 340 g/mol. The Morgan fingerprint density at radius 1 is 1.19 bits per heavy atom. The molecule has 1 aliphatic rings. The van der Waals surface area contributed by atoms with E-state index in [0.717, 1.165) is 39.3 Å². The minimum absolute atomic E-state index is 0.796. The van der Waals surface area contributed by atoms with Crippen molar-refractivity contribution < 1.29 is 0 Å². The van der Waals surface area contributed by atoms with Gasteiger partial charge in [-0.2, -0.15) is 5.10 Å². The molecule has 0 aliphatic heterocycles. The van der Waals surface area contributed by atoms with Gasteiger partial charge >= 0.3 is 0 Å². The Morgan fingerprint density at radius 2 is 2.10 bits per heavy atom. The van der Waals surface area contributed by atoms with E-state index in [4.69, 9.17) is 5.73 Å². The van der Waals surface area contributed by atoms with E-state index in [1.165, 1.54) is 11.1 Å². The van der Waals surface area contributed by atoms with Crippen LogP contribution < -0.4 is 11.1 Å². The third-order valence-corrected chi connectivity index (χ3v) is 4.21. The van der Waals surface area contributed by atoms with E-state index in [0.29, 0.717) is 0 Å². The number of benzene rings is 2. The molecule has 0 atom stereocenters. The molecule has 0 radical (unpaired) electrons. The first-order valence-corrected chi connectivity index (χ1v) is 7.48. The number of fused-ring (bicyclic) bond motifs is 3. The van der Waals surface area contributed by atoms with Crippen LogP contribution in [0.4, 0.5) is 17.2 Å². The maximum atomic E-state index is 5.86. The van der Waals surface area contributed by atoms with Crippen molar-refractivity contribution in [3.05, 3.63) is 58.1 Å². The van der Waals surface area contributed by atoms with Crippen LogP contribution in [0.2, 0.25) is 0 Å². The van der Waals surface area contributed by atoms with Crippen LogP contribution in [0.25, 0.3) is 11.3 Å². The van der Waals surface area contributed by atoms with E-state index in [9.17, 15) is 0 Å². The number of hydrogen-bond donors (Lipinski definition) is 3. The molecule has 4 rings (SSSR count). The summed E-state index contributed by atoms with van der Waals surface area (Å²) in [6.07, 6.45) is 0.850. The van der Waals surface area contributed by atoms with E-state index in [2.05, 4.69) is 31.4 Å². The number of rotatable bonds is 2. The van der Waals surface area contributed by atoms with Crippen LogP contribution in [0, 0.1) is 0 Å². The maximum absolute atomic E-state index is 5.86. The molecule has 1 heterocycles. The van der Waals surface area contributed by atoms with Gasteiger partial charge < -0.3 is 11.1 Å². The average molecular weight is 341 g/mol. The van der Waals surface area contributed by atoms with Gasteiger partial charge in [0.05, 0.1) is 5.69 Å². The second-order valence-corrected chi connectivity index (χ2v) is 6.07. The minimum Gasteiger partial charge on any atom is -0.399 e. The van der Waals surface area contributed by atoms with Crippen LogP contribution in [0.15, 0.2) is 46.9 Å². The molecule has 4 nitrogen and oxygen atoms in total. The van der Waals surface area contributed by atoms with Gasteiger partial charge in [0.25, 0.3) is 0 Å². The lowest BCUT2D eigenvalue weighted by Crippen LogP contribution is -1.95. The van der Waals surface area contributed by atoms with Crippen LogP contribution >= 0.6 is 15.9 Å². The summed E-state index contributed by atoms with van der Waals surface area (Å²) in [7, 11) is 0. The normalized spacial score (nSPS) is 12.0. The summed E-state index contributed by atoms with van der Waals surface area (Å²) in [6.45, 7) is 0. The molecule has 104 valence electrons. The highest BCUT2D eigenvalue weighted by atomic mass is 79.9. The number of halogens is 1. The molecule has 0 spiro atoms. The molecule has 0 unspecified atom stereocenters. The first-order valence-electron chi connectivity index (χ1n) is 6.69. The minimum atomic E-state index is 0.796. The molecule has 4 N–H and O–H groups in total. The zero-order chi connectivity index (χ0) is 14.4. The second kappa shape index (κ2) is 4.63. The molecular weight excluding hydrogens is 328 g/mol. The van der Waals surface area contributed by atoms with Gasteiger partial charge in [-0.1, -0.05) is 28.1 Å². The van der Waals surface area contributed by atoms with Gasteiger partial charge in [-0.25, -0.2) is 0 Å². The summed E-state index contributed by atoms with van der Waals surface area (Å²) in [5.41, 5.74) is 12.3. The Hall–Kier alpha value is -2.27. The first-order chi connectivity index (χ1) is 10.2. The van der Waals surface area contributed by atoms with E-state index in [-0.39, 0.29) is 0 Å². The predicted molar refractivity (Wildman–Crippen MR) is 88.7 cm³/mol. The van der Waals surface area contributed by atoms with Crippen LogP contribution in [-0.4, -0.2) is 10.2 Å². The highest BCUT2D eigenvalue weighted by Gasteiger charge is 2.24. The number of nitrogens with one attached hydrogen (secondary N) is 2. The SMILES string of the molecule is Nc1ccc2c(c1)Cc1c-2n[nH]c1Nc1cccc(Br)c1. The van der Waals surface area contributed by atoms with Crippen molar-refractivity contribution in [3.8, 4) is 11.3 Å². The molecule has 3 aromatic rings. The van der Waals surface area contributed by atoms with E-state index >= 15 is 0 Å². The fourth-order valence-corrected chi connectivity index (χ4v) is 3.15. The predicted octanol–water partition coefficient (Wildman–Crippen LogP) is 4.07. The second-order valence-electron chi connectivity index (χ2n) is 5.15. The molecule has 0 amide bonds. The third kappa shape index (κ3) is 2.10. The lowest BCUT2D eigenvalue weighted by atomic mass is 10.1. The number of anilines is 3. The van der Waals surface area contributed by atoms with Gasteiger partial charge in [-0.15, -0.1) is 0 Å². The molecule has 0 saturated heterocycles. The van der Waals surface area contributed by atoms with Crippen molar-refractivity contribution in [1.29, 1.82) is 0 Å². The Bertz CT molecular complexity index is 838. The summed E-state index contributed by atoms with van der Waals surface area (Å²) < 4.78 is 1.04. The van der Waals surface area contributed by atoms with E-state index < -0.39 is 0 Å². The Balaban J connectivity index is 1.71. The number of nitrogen functional groups attached to an aromatic ring is 1. The van der Waals surface area contributed by atoms with Crippen molar-refractivity contribution in [2.75, 3.05) is 11.1 Å². The first kappa shape index (κ1) is 12.5. The Morgan fingerprint density at radius 3 is 2.95 bits per heavy atom. The molecule has 0 saturated carbocycles. The molecule has 0 bridgehead atoms. The third-order valence-electron chi connectivity index (χ3n) is 3.71. The molecule has 0 fully saturated rings. The molecule has 21 heavy (non-hydrogen) atoms. The fraction of sp³-hybridized carbons (Fsp3) is 0.0625. The summed E-state index contributed by atoms with van der Waals surface area (Å²) in [6, 6.07) is 14.1. The molecule has 2 aromatic carbocycles. The van der Waals surface area contributed by atoms with Crippen LogP contribution in [0.5, 0.6) is 0 Å². The standard InChI is InChI=1S/C16H13BrN4/c17-10-2-1-3-12(8-10)19-16-14-7-9-6-11(18)4-5-13(9)15(14)20-21-16/h1-6,8H,7,18H2,(H2,19,20,21). The lowest BCUT2D eigenvalue weighted by Gasteiger charge is -2.06. The fourth-order valence-electron chi connectivity index (χ4n) is 2.76. The highest BCUT2D eigenvalue weighted by Crippen LogP contribution is 2.40. The number of aromatic amines is 1. The van der Waals surface area contributed by atoms with Gasteiger partial charge in [-0.05, 0) is 35.9 Å². The topological polar surface area (TPSA) is 66.7 Å². The summed E-state index contributed by atoms with van der Waals surface area (Å²) in [4.78, 5) is 0. The quantitative estimate of drug-likeness (QED) is 0.482. The van der Waals surface area contributed by atoms with Crippen molar-refractivity contribution in [2.24, 2.45) is 0 Å². The number of nitrogens with two attached hydrogens (primary N) is 1. The number of nitrogens with zero attached hydrogens (tertiary/aromatic N) is 1. The number of hydrogen-bond acceptors (Lipinski definition) is 3. The van der Waals surface area contributed by atoms with Crippen molar-refractivity contribution in [1.82, 2.24) is 10.2 Å². The Kier molecular flexibility index (Phi) is 2.75. The van der Waals surface area contributed by atoms with Crippen LogP contribution in [-0.2, 0) is 6.42 Å². The molecule has 1 aliphatic carbocycles. The van der Waals surface area contributed by atoms with E-state index in [1.807, 2.05) is 42.5 Å². The summed E-state index contributed by atoms with van der Waals surface area (Å²) in [5, 5.41) is 10.9. The van der Waals surface area contributed by atoms with Gasteiger partial charge in [-0.3, -0.25) is 5.10 Å². The average Bonchev–Trinajstić information content (AvgIpc) is 2.98. The lowest BCUT2D eigenvalue weighted by molar-refractivity contribution is 1.09. The zero-order valence-electron chi connectivity index (χ0n) is 11.2. The number of aromatic nitrogens is 2. The molecule has 1 aromatic heterocycles. The zero-order valence-corrected chi connectivity index (χ0v) is 12.7. The van der Waals surface area contributed by atoms with Gasteiger partial charge in [0.1, 0.15) is 5.82 Å². The van der Waals surface area contributed by atoms with Crippen LogP contribution in [0.3, 0.4) is 0 Å². The largest absolute Gasteiger partial charge is 0.399 e. The van der Waals surface area contributed by atoms with Gasteiger partial charge in [0.2, 0.25) is 0 Å².